The van der Waals surface area contributed by atoms with E-state index in [2.05, 4.69) is 48.5 Å². The van der Waals surface area contributed by atoms with Crippen LogP contribution < -0.4 is 0 Å². The van der Waals surface area contributed by atoms with E-state index in [1.54, 1.807) is 0 Å². The topological polar surface area (TPSA) is 0 Å². The molecule has 0 radical (unpaired) electrons. The Bertz CT molecular complexity index is 234. The molecule has 0 spiro atoms. The van der Waals surface area contributed by atoms with E-state index in [-0.39, 0.29) is 0 Å². The van der Waals surface area contributed by atoms with Crippen molar-refractivity contribution in [3.63, 3.8) is 0 Å². The second-order valence-corrected chi connectivity index (χ2v) is 8.47. The van der Waals surface area contributed by atoms with Crippen LogP contribution in [0.15, 0.2) is 0 Å². The zero-order valence-corrected chi connectivity index (χ0v) is 16.1. The molecule has 0 saturated heterocycles. The number of hydrogen-bond acceptors (Lipinski definition) is 1. The van der Waals surface area contributed by atoms with E-state index >= 15 is 0 Å². The summed E-state index contributed by atoms with van der Waals surface area (Å²) in [6.07, 6.45) is 9.43. The number of unbranched alkanes of at least 4 members (excludes halogenated alkanes) is 3. The number of hydrogen-bond donors (Lipinski definition) is 1. The smallest absolute Gasteiger partial charge is 0.00501 e. The van der Waals surface area contributed by atoms with E-state index in [0.717, 1.165) is 17.8 Å². The lowest BCUT2D eigenvalue weighted by atomic mass is 9.63. The summed E-state index contributed by atoms with van der Waals surface area (Å²) >= 11 is 4.94. The maximum Gasteiger partial charge on any atom is 0.00501 e. The van der Waals surface area contributed by atoms with E-state index in [0.29, 0.717) is 10.7 Å². The lowest BCUT2D eigenvalue weighted by Gasteiger charge is -2.44. The third-order valence-electron chi connectivity index (χ3n) is 4.83. The van der Waals surface area contributed by atoms with Gasteiger partial charge in [-0.25, -0.2) is 0 Å². The van der Waals surface area contributed by atoms with Gasteiger partial charge in [-0.05, 0) is 42.4 Å². The molecule has 3 unspecified atom stereocenters. The molecular weight excluding hydrogens is 260 g/mol. The Morgan fingerprint density at radius 3 is 1.95 bits per heavy atom. The van der Waals surface area contributed by atoms with E-state index in [9.17, 15) is 0 Å². The normalized spacial score (nSPS) is 18.3. The highest BCUT2D eigenvalue weighted by molar-refractivity contribution is 7.81. The Balaban J connectivity index is 4.94. The maximum atomic E-state index is 4.94. The Kier molecular flexibility index (Phi) is 10.3. The minimum Gasteiger partial charge on any atom is -0.176 e. The van der Waals surface area contributed by atoms with Gasteiger partial charge in [-0.1, -0.05) is 74.1 Å². The van der Waals surface area contributed by atoms with Crippen LogP contribution in [0, 0.1) is 23.2 Å². The first-order valence-corrected chi connectivity index (χ1v) is 9.48. The zero-order chi connectivity index (χ0) is 15.8. The van der Waals surface area contributed by atoms with Gasteiger partial charge in [0.1, 0.15) is 0 Å². The van der Waals surface area contributed by atoms with Gasteiger partial charge in [-0.15, -0.1) is 0 Å². The summed E-state index contributed by atoms with van der Waals surface area (Å²) in [5.41, 5.74) is 0.457. The lowest BCUT2D eigenvalue weighted by molar-refractivity contribution is 0.0864. The molecule has 0 aliphatic rings. The van der Waals surface area contributed by atoms with Crippen LogP contribution in [-0.2, 0) is 0 Å². The first-order chi connectivity index (χ1) is 9.28. The summed E-state index contributed by atoms with van der Waals surface area (Å²) in [7, 11) is 0. The summed E-state index contributed by atoms with van der Waals surface area (Å²) in [6, 6.07) is 0. The minimum atomic E-state index is 0.457. The van der Waals surface area contributed by atoms with Gasteiger partial charge in [0, 0.05) is 5.25 Å². The molecule has 0 amide bonds. The first kappa shape index (κ1) is 20.3. The van der Waals surface area contributed by atoms with E-state index < -0.39 is 0 Å². The molecule has 0 saturated carbocycles. The van der Waals surface area contributed by atoms with Crippen molar-refractivity contribution in [3.05, 3.63) is 0 Å². The van der Waals surface area contributed by atoms with Crippen LogP contribution in [0.4, 0.5) is 0 Å². The molecule has 0 aliphatic carbocycles. The molecule has 0 aromatic rings. The van der Waals surface area contributed by atoms with Gasteiger partial charge >= 0.3 is 0 Å². The standard InChI is InChI=1S/C19H40S/c1-8-10-11-12-13-19(7,14-15(3)4)18(16(5)6)17(20)9-2/h15-18,20H,8-14H2,1-7H3. The second kappa shape index (κ2) is 10.1. The molecule has 0 nitrogen and oxygen atoms in total. The van der Waals surface area contributed by atoms with Crippen LogP contribution in [0.5, 0.6) is 0 Å². The summed E-state index contributed by atoms with van der Waals surface area (Å²) < 4.78 is 0. The van der Waals surface area contributed by atoms with Gasteiger partial charge in [0.2, 0.25) is 0 Å². The van der Waals surface area contributed by atoms with E-state index in [1.165, 1.54) is 44.9 Å². The van der Waals surface area contributed by atoms with E-state index in [4.69, 9.17) is 12.6 Å². The molecule has 0 N–H and O–H groups in total. The van der Waals surface area contributed by atoms with Crippen LogP contribution in [0.25, 0.3) is 0 Å². The highest BCUT2D eigenvalue weighted by Gasteiger charge is 2.39. The fourth-order valence-electron chi connectivity index (χ4n) is 4.26. The molecule has 0 rings (SSSR count). The SMILES string of the molecule is CCCCCCC(C)(CC(C)C)C(C(C)C)C(S)CC. The Morgan fingerprint density at radius 1 is 0.950 bits per heavy atom. The molecule has 0 aromatic carbocycles. The van der Waals surface area contributed by atoms with Crippen molar-refractivity contribution in [2.45, 2.75) is 98.7 Å². The largest absolute Gasteiger partial charge is 0.176 e. The predicted octanol–water partition coefficient (Wildman–Crippen LogP) is 6.99. The van der Waals surface area contributed by atoms with Gasteiger partial charge in [0.25, 0.3) is 0 Å². The van der Waals surface area contributed by atoms with Crippen LogP contribution in [0.2, 0.25) is 0 Å². The van der Waals surface area contributed by atoms with Crippen molar-refractivity contribution >= 4 is 12.6 Å². The molecule has 122 valence electrons. The van der Waals surface area contributed by atoms with Gasteiger partial charge in [-0.2, -0.15) is 12.6 Å². The molecule has 3 atom stereocenters. The molecule has 0 aliphatic heterocycles. The summed E-state index contributed by atoms with van der Waals surface area (Å²) in [6.45, 7) is 16.7. The van der Waals surface area contributed by atoms with Crippen molar-refractivity contribution in [1.82, 2.24) is 0 Å². The number of thiol groups is 1. The predicted molar refractivity (Wildman–Crippen MR) is 97.7 cm³/mol. The molecule has 0 aromatic heterocycles. The fourth-order valence-corrected chi connectivity index (χ4v) is 4.96. The van der Waals surface area contributed by atoms with Crippen LogP contribution in [0.1, 0.15) is 93.4 Å². The monoisotopic (exact) mass is 300 g/mol. The zero-order valence-electron chi connectivity index (χ0n) is 15.2. The van der Waals surface area contributed by atoms with Gasteiger partial charge < -0.3 is 0 Å². The van der Waals surface area contributed by atoms with Gasteiger partial charge in [0.05, 0.1) is 0 Å². The minimum absolute atomic E-state index is 0.457. The van der Waals surface area contributed by atoms with E-state index in [1.807, 2.05) is 0 Å². The first-order valence-electron chi connectivity index (χ1n) is 8.96. The Hall–Kier alpha value is 0.350. The summed E-state index contributed by atoms with van der Waals surface area (Å²) in [4.78, 5) is 0. The molecule has 20 heavy (non-hydrogen) atoms. The average Bonchev–Trinajstić information content (AvgIpc) is 2.33. The molecule has 0 heterocycles. The Labute approximate surface area is 134 Å². The van der Waals surface area contributed by atoms with Crippen LogP contribution in [-0.4, -0.2) is 5.25 Å². The molecular formula is C19H40S. The number of rotatable bonds is 11. The summed E-state index contributed by atoms with van der Waals surface area (Å²) in [5, 5.41) is 0.546. The third-order valence-corrected chi connectivity index (χ3v) is 5.52. The van der Waals surface area contributed by atoms with Crippen LogP contribution >= 0.6 is 12.6 Å². The van der Waals surface area contributed by atoms with Crippen molar-refractivity contribution < 1.29 is 0 Å². The van der Waals surface area contributed by atoms with Crippen molar-refractivity contribution in [1.29, 1.82) is 0 Å². The molecule has 0 bridgehead atoms. The molecule has 0 fully saturated rings. The highest BCUT2D eigenvalue weighted by Crippen LogP contribution is 2.46. The van der Waals surface area contributed by atoms with Crippen LogP contribution in [0.3, 0.4) is 0 Å². The van der Waals surface area contributed by atoms with Crippen molar-refractivity contribution in [2.75, 3.05) is 0 Å². The summed E-state index contributed by atoms with van der Waals surface area (Å²) in [5.74, 6) is 2.25. The highest BCUT2D eigenvalue weighted by atomic mass is 32.1. The third kappa shape index (κ3) is 6.87. The van der Waals surface area contributed by atoms with Gasteiger partial charge in [-0.3, -0.25) is 0 Å². The average molecular weight is 301 g/mol. The van der Waals surface area contributed by atoms with Gasteiger partial charge in [0.15, 0.2) is 0 Å². The van der Waals surface area contributed by atoms with Crippen molar-refractivity contribution in [2.24, 2.45) is 23.2 Å². The Morgan fingerprint density at radius 2 is 1.55 bits per heavy atom. The second-order valence-electron chi connectivity index (χ2n) is 7.81. The fraction of sp³-hybridized carbons (Fsp3) is 1.00. The molecule has 1 heteroatoms. The van der Waals surface area contributed by atoms with Crippen molar-refractivity contribution in [3.8, 4) is 0 Å². The quantitative estimate of drug-likeness (QED) is 0.308. The maximum absolute atomic E-state index is 4.94. The lowest BCUT2D eigenvalue weighted by Crippen LogP contribution is -2.38.